The van der Waals surface area contributed by atoms with Crippen LogP contribution in [0.5, 0.6) is 0 Å². The Labute approximate surface area is 142 Å². The average molecular weight is 325 g/mol. The Kier molecular flexibility index (Phi) is 3.95. The van der Waals surface area contributed by atoms with Crippen LogP contribution < -0.4 is 5.73 Å². The number of imidazole rings is 1. The summed E-state index contributed by atoms with van der Waals surface area (Å²) in [6.07, 6.45) is 5.32. The lowest BCUT2D eigenvalue weighted by Crippen LogP contribution is -2.27. The lowest BCUT2D eigenvalue weighted by Gasteiger charge is -2.19. The van der Waals surface area contributed by atoms with Crippen molar-refractivity contribution in [1.29, 1.82) is 0 Å². The number of aryl methyl sites for hydroxylation is 1. The number of allylic oxidation sites excluding steroid dienone is 1. The Morgan fingerprint density at radius 1 is 1.33 bits per heavy atom. The molecule has 0 aliphatic heterocycles. The number of fused-ring (bicyclic) bond motifs is 1. The predicted molar refractivity (Wildman–Crippen MR) is 94.9 cm³/mol. The average Bonchev–Trinajstić information content (AvgIpc) is 2.87. The van der Waals surface area contributed by atoms with Gasteiger partial charge in [0, 0.05) is 17.5 Å². The maximum absolute atomic E-state index is 12.3. The number of ether oxygens (including phenoxy) is 1. The first kappa shape index (κ1) is 16.3. The molecule has 2 aromatic rings. The van der Waals surface area contributed by atoms with Gasteiger partial charge in [0.15, 0.2) is 0 Å². The number of hydrogen-bond acceptors (Lipinski definition) is 4. The van der Waals surface area contributed by atoms with Crippen LogP contribution in [0.3, 0.4) is 0 Å². The topological polar surface area (TPSA) is 70.1 Å². The van der Waals surface area contributed by atoms with Gasteiger partial charge < -0.3 is 10.5 Å². The summed E-state index contributed by atoms with van der Waals surface area (Å²) in [6, 6.07) is 5.93. The zero-order chi connectivity index (χ0) is 17.5. The Bertz CT molecular complexity index is 826. The molecule has 0 radical (unpaired) electrons. The van der Waals surface area contributed by atoms with E-state index in [1.54, 1.807) is 13.1 Å². The Morgan fingerprint density at radius 2 is 2.08 bits per heavy atom. The molecule has 0 saturated carbocycles. The highest BCUT2D eigenvalue weighted by Gasteiger charge is 2.23. The molecule has 1 heterocycles. The summed E-state index contributed by atoms with van der Waals surface area (Å²) in [5.41, 5.74) is 10.4. The lowest BCUT2D eigenvalue weighted by molar-refractivity contribution is 0.0533. The first-order chi connectivity index (χ1) is 11.3. The number of rotatable bonds is 1. The fourth-order valence-electron chi connectivity index (χ4n) is 2.95. The second-order valence-electron chi connectivity index (χ2n) is 7.05. The van der Waals surface area contributed by atoms with Crippen LogP contribution in [-0.4, -0.2) is 21.2 Å². The fraction of sp³-hybridized carbons (Fsp3) is 0.368. The number of carbonyl (C=O) groups is 1. The maximum Gasteiger partial charge on any atom is 0.420 e. The van der Waals surface area contributed by atoms with Crippen molar-refractivity contribution in [2.75, 3.05) is 5.73 Å². The molecule has 0 fully saturated rings. The molecule has 0 amide bonds. The summed E-state index contributed by atoms with van der Waals surface area (Å²) >= 11 is 0. The molecule has 0 unspecified atom stereocenters. The highest BCUT2D eigenvalue weighted by molar-refractivity contribution is 5.84. The molecule has 1 aromatic carbocycles. The van der Waals surface area contributed by atoms with Crippen molar-refractivity contribution in [1.82, 2.24) is 9.55 Å². The molecule has 0 bridgehead atoms. The van der Waals surface area contributed by atoms with E-state index in [0.29, 0.717) is 5.82 Å². The molecule has 1 aliphatic carbocycles. The predicted octanol–water partition coefficient (Wildman–Crippen LogP) is 3.93. The van der Waals surface area contributed by atoms with E-state index in [9.17, 15) is 4.79 Å². The zero-order valence-electron chi connectivity index (χ0n) is 14.6. The minimum Gasteiger partial charge on any atom is -0.443 e. The smallest absolute Gasteiger partial charge is 0.420 e. The second-order valence-corrected chi connectivity index (χ2v) is 7.05. The van der Waals surface area contributed by atoms with E-state index in [1.165, 1.54) is 4.57 Å². The first-order valence-corrected chi connectivity index (χ1v) is 8.14. The van der Waals surface area contributed by atoms with E-state index in [1.807, 2.05) is 32.9 Å². The van der Waals surface area contributed by atoms with Gasteiger partial charge in [0.2, 0.25) is 0 Å². The molecular weight excluding hydrogens is 302 g/mol. The van der Waals surface area contributed by atoms with Crippen molar-refractivity contribution in [3.8, 4) is 0 Å². The number of anilines is 1. The minimum atomic E-state index is -0.543. The third-order valence-electron chi connectivity index (χ3n) is 3.99. The van der Waals surface area contributed by atoms with Crippen molar-refractivity contribution in [3.05, 3.63) is 53.1 Å². The van der Waals surface area contributed by atoms with Gasteiger partial charge in [0.1, 0.15) is 11.4 Å². The van der Waals surface area contributed by atoms with Crippen molar-refractivity contribution in [2.24, 2.45) is 0 Å². The van der Waals surface area contributed by atoms with Crippen LogP contribution >= 0.6 is 0 Å². The van der Waals surface area contributed by atoms with Gasteiger partial charge in [-0.05, 0) is 57.7 Å². The summed E-state index contributed by atoms with van der Waals surface area (Å²) in [5, 5.41) is 0. The minimum absolute atomic E-state index is 0.414. The number of carbonyl (C=O) groups excluding carboxylic acids is 1. The number of hydrogen-bond donors (Lipinski definition) is 1. The number of benzene rings is 1. The van der Waals surface area contributed by atoms with E-state index in [-0.39, 0.29) is 0 Å². The van der Waals surface area contributed by atoms with Gasteiger partial charge in [-0.2, -0.15) is 0 Å². The SMILES string of the molecule is Cc1nc(C2=CCCc3c(N)cccc32)cn1C(=O)OC(C)(C)C. The fourth-order valence-corrected chi connectivity index (χ4v) is 2.95. The van der Waals surface area contributed by atoms with Crippen LogP contribution in [0.2, 0.25) is 0 Å². The molecule has 0 spiro atoms. The number of nitrogens with zero attached hydrogens (tertiary/aromatic N) is 2. The van der Waals surface area contributed by atoms with E-state index in [0.717, 1.165) is 40.9 Å². The van der Waals surface area contributed by atoms with Crippen LogP contribution in [-0.2, 0) is 11.2 Å². The summed E-state index contributed by atoms with van der Waals surface area (Å²) in [6.45, 7) is 7.35. The Balaban J connectivity index is 1.98. The summed E-state index contributed by atoms with van der Waals surface area (Å²) < 4.78 is 6.90. The Morgan fingerprint density at radius 3 is 2.79 bits per heavy atom. The summed E-state index contributed by atoms with van der Waals surface area (Å²) in [4.78, 5) is 16.9. The summed E-state index contributed by atoms with van der Waals surface area (Å²) in [7, 11) is 0. The van der Waals surface area contributed by atoms with Crippen LogP contribution in [0.25, 0.3) is 5.57 Å². The van der Waals surface area contributed by atoms with Gasteiger partial charge in [-0.25, -0.2) is 14.3 Å². The van der Waals surface area contributed by atoms with Gasteiger partial charge in [-0.3, -0.25) is 0 Å². The second kappa shape index (κ2) is 5.82. The number of nitrogen functional groups attached to an aromatic ring is 1. The van der Waals surface area contributed by atoms with Gasteiger partial charge in [-0.1, -0.05) is 18.2 Å². The third kappa shape index (κ3) is 3.07. The molecule has 2 N–H and O–H groups in total. The highest BCUT2D eigenvalue weighted by atomic mass is 16.6. The first-order valence-electron chi connectivity index (χ1n) is 8.14. The Hall–Kier alpha value is -2.56. The van der Waals surface area contributed by atoms with Crippen molar-refractivity contribution < 1.29 is 9.53 Å². The standard InChI is InChI=1S/C19H23N3O2/c1-12-21-17(11-22(12)18(23)24-19(2,3)4)15-9-5-8-14-13(15)7-6-10-16(14)20/h6-7,9-11H,5,8,20H2,1-4H3. The largest absolute Gasteiger partial charge is 0.443 e. The van der Waals surface area contributed by atoms with Crippen LogP contribution in [0.4, 0.5) is 10.5 Å². The van der Waals surface area contributed by atoms with E-state index < -0.39 is 11.7 Å². The van der Waals surface area contributed by atoms with Crippen molar-refractivity contribution in [3.63, 3.8) is 0 Å². The molecule has 1 aromatic heterocycles. The third-order valence-corrected chi connectivity index (χ3v) is 3.99. The van der Waals surface area contributed by atoms with Gasteiger partial charge in [-0.15, -0.1) is 0 Å². The number of aromatic nitrogens is 2. The molecule has 24 heavy (non-hydrogen) atoms. The molecule has 5 heteroatoms. The molecule has 126 valence electrons. The molecular formula is C19H23N3O2. The van der Waals surface area contributed by atoms with E-state index in [4.69, 9.17) is 10.5 Å². The summed E-state index contributed by atoms with van der Waals surface area (Å²) in [5.74, 6) is 0.608. The number of nitrogens with two attached hydrogens (primary N) is 1. The van der Waals surface area contributed by atoms with Gasteiger partial charge in [0.05, 0.1) is 5.69 Å². The van der Waals surface area contributed by atoms with Crippen LogP contribution in [0.15, 0.2) is 30.5 Å². The zero-order valence-corrected chi connectivity index (χ0v) is 14.6. The van der Waals surface area contributed by atoms with Gasteiger partial charge >= 0.3 is 6.09 Å². The molecule has 5 nitrogen and oxygen atoms in total. The molecule has 1 aliphatic rings. The molecule has 3 rings (SSSR count). The van der Waals surface area contributed by atoms with Crippen molar-refractivity contribution >= 4 is 17.4 Å². The van der Waals surface area contributed by atoms with Crippen molar-refractivity contribution in [2.45, 2.75) is 46.1 Å². The van der Waals surface area contributed by atoms with Crippen LogP contribution in [0, 0.1) is 6.92 Å². The van der Waals surface area contributed by atoms with E-state index in [2.05, 4.69) is 17.1 Å². The molecule has 0 atom stereocenters. The van der Waals surface area contributed by atoms with Crippen LogP contribution in [0.1, 0.15) is 49.8 Å². The monoisotopic (exact) mass is 325 g/mol. The van der Waals surface area contributed by atoms with E-state index >= 15 is 0 Å². The van der Waals surface area contributed by atoms with Gasteiger partial charge in [0.25, 0.3) is 0 Å². The lowest BCUT2D eigenvalue weighted by atomic mass is 9.88. The highest BCUT2D eigenvalue weighted by Crippen LogP contribution is 2.34. The normalized spacial score (nSPS) is 14.1. The maximum atomic E-state index is 12.3. The molecule has 0 saturated heterocycles. The quantitative estimate of drug-likeness (QED) is 0.806.